The maximum absolute atomic E-state index is 13.2. The monoisotopic (exact) mass is 418 g/mol. The van der Waals surface area contributed by atoms with Crippen molar-refractivity contribution in [1.29, 1.82) is 0 Å². The van der Waals surface area contributed by atoms with Crippen molar-refractivity contribution in [3.05, 3.63) is 77.9 Å². The summed E-state index contributed by atoms with van der Waals surface area (Å²) in [5, 5.41) is 3.19. The molecule has 1 amide bonds. The van der Waals surface area contributed by atoms with Gasteiger partial charge in [-0.15, -0.1) is 0 Å². The van der Waals surface area contributed by atoms with E-state index < -0.39 is 0 Å². The standard InChI is InChI=1S/C25H30N4O2/c1-19-26-13-15-29(19)23-11-4-3-9-21(23)17-27-25(30)24-12-5-6-14-28(24)18-20-8-7-10-22(16-20)31-2/h3-4,7-11,13,15-16,24H,5-6,12,14,17-18H2,1-2H3,(H,27,30). The summed E-state index contributed by atoms with van der Waals surface area (Å²) < 4.78 is 7.40. The minimum absolute atomic E-state index is 0.0970. The Labute approximate surface area is 183 Å². The number of hydrogen-bond acceptors (Lipinski definition) is 4. The number of amides is 1. The highest BCUT2D eigenvalue weighted by Crippen LogP contribution is 2.22. The number of hydrogen-bond donors (Lipinski definition) is 1. The van der Waals surface area contributed by atoms with Crippen LogP contribution in [0, 0.1) is 6.92 Å². The Morgan fingerprint density at radius 2 is 2.06 bits per heavy atom. The molecular weight excluding hydrogens is 388 g/mol. The number of aryl methyl sites for hydroxylation is 1. The predicted octanol–water partition coefficient (Wildman–Crippen LogP) is 3.86. The molecule has 6 nitrogen and oxygen atoms in total. The summed E-state index contributed by atoms with van der Waals surface area (Å²) in [6.07, 6.45) is 6.84. The lowest BCUT2D eigenvalue weighted by Crippen LogP contribution is -2.48. The molecule has 0 bridgehead atoms. The first-order valence-electron chi connectivity index (χ1n) is 10.9. The van der Waals surface area contributed by atoms with E-state index in [0.29, 0.717) is 6.54 Å². The third-order valence-corrected chi connectivity index (χ3v) is 5.97. The van der Waals surface area contributed by atoms with E-state index >= 15 is 0 Å². The normalized spacial score (nSPS) is 16.8. The second-order valence-corrected chi connectivity index (χ2v) is 8.02. The van der Waals surface area contributed by atoms with Crippen molar-refractivity contribution in [1.82, 2.24) is 19.8 Å². The Balaban J connectivity index is 1.44. The molecule has 1 aromatic heterocycles. The zero-order valence-electron chi connectivity index (χ0n) is 18.3. The Morgan fingerprint density at radius 1 is 1.19 bits per heavy atom. The Bertz CT molecular complexity index is 1030. The van der Waals surface area contributed by atoms with Crippen molar-refractivity contribution in [2.24, 2.45) is 0 Å². The van der Waals surface area contributed by atoms with Crippen LogP contribution >= 0.6 is 0 Å². The summed E-state index contributed by atoms with van der Waals surface area (Å²) >= 11 is 0. The fourth-order valence-corrected chi connectivity index (χ4v) is 4.31. The lowest BCUT2D eigenvalue weighted by Gasteiger charge is -2.34. The van der Waals surface area contributed by atoms with Gasteiger partial charge in [0.25, 0.3) is 0 Å². The number of imidazole rings is 1. The molecule has 0 aliphatic carbocycles. The number of methoxy groups -OCH3 is 1. The molecule has 1 aliphatic heterocycles. The van der Waals surface area contributed by atoms with Crippen molar-refractivity contribution in [2.75, 3.05) is 13.7 Å². The molecule has 1 atom stereocenters. The third kappa shape index (κ3) is 4.97. The van der Waals surface area contributed by atoms with E-state index in [1.165, 1.54) is 5.56 Å². The highest BCUT2D eigenvalue weighted by Gasteiger charge is 2.28. The highest BCUT2D eigenvalue weighted by atomic mass is 16.5. The van der Waals surface area contributed by atoms with Crippen LogP contribution in [0.25, 0.3) is 5.69 Å². The molecule has 1 aliphatic rings. The molecule has 31 heavy (non-hydrogen) atoms. The highest BCUT2D eigenvalue weighted by molar-refractivity contribution is 5.82. The van der Waals surface area contributed by atoms with Gasteiger partial charge in [0.15, 0.2) is 0 Å². The number of carbonyl (C=O) groups is 1. The predicted molar refractivity (Wildman–Crippen MR) is 121 cm³/mol. The fraction of sp³-hybridized carbons (Fsp3) is 0.360. The summed E-state index contributed by atoms with van der Waals surface area (Å²) in [5.41, 5.74) is 3.29. The van der Waals surface area contributed by atoms with Gasteiger partial charge in [0.05, 0.1) is 18.8 Å². The largest absolute Gasteiger partial charge is 0.497 e. The second kappa shape index (κ2) is 9.79. The lowest BCUT2D eigenvalue weighted by molar-refractivity contribution is -0.128. The smallest absolute Gasteiger partial charge is 0.237 e. The lowest BCUT2D eigenvalue weighted by atomic mass is 10.00. The topological polar surface area (TPSA) is 59.4 Å². The number of piperidine rings is 1. The van der Waals surface area contributed by atoms with Crippen LogP contribution in [-0.2, 0) is 17.9 Å². The number of nitrogens with one attached hydrogen (secondary N) is 1. The Hall–Kier alpha value is -3.12. The average molecular weight is 419 g/mol. The zero-order valence-corrected chi connectivity index (χ0v) is 18.3. The molecule has 0 spiro atoms. The van der Waals surface area contributed by atoms with E-state index in [2.05, 4.69) is 38.0 Å². The molecule has 3 aromatic rings. The van der Waals surface area contributed by atoms with E-state index in [1.54, 1.807) is 13.3 Å². The molecule has 162 valence electrons. The molecule has 1 unspecified atom stereocenters. The molecular formula is C25H30N4O2. The van der Waals surface area contributed by atoms with Gasteiger partial charge >= 0.3 is 0 Å². The van der Waals surface area contributed by atoms with Gasteiger partial charge in [-0.2, -0.15) is 0 Å². The molecule has 4 rings (SSSR count). The molecule has 1 saturated heterocycles. The van der Waals surface area contributed by atoms with Crippen molar-refractivity contribution in [3.63, 3.8) is 0 Å². The zero-order chi connectivity index (χ0) is 21.6. The van der Waals surface area contributed by atoms with Crippen LogP contribution in [0.3, 0.4) is 0 Å². The second-order valence-electron chi connectivity index (χ2n) is 8.02. The van der Waals surface area contributed by atoms with Gasteiger partial charge in [0.2, 0.25) is 5.91 Å². The third-order valence-electron chi connectivity index (χ3n) is 5.97. The van der Waals surface area contributed by atoms with Crippen LogP contribution < -0.4 is 10.1 Å². The molecule has 0 radical (unpaired) electrons. The van der Waals surface area contributed by atoms with Crippen molar-refractivity contribution < 1.29 is 9.53 Å². The maximum Gasteiger partial charge on any atom is 0.237 e. The van der Waals surface area contributed by atoms with Gasteiger partial charge in [-0.1, -0.05) is 36.8 Å². The van der Waals surface area contributed by atoms with Crippen molar-refractivity contribution in [3.8, 4) is 11.4 Å². The Kier molecular flexibility index (Phi) is 6.67. The first-order chi connectivity index (χ1) is 15.2. The SMILES string of the molecule is COc1cccc(CN2CCCCC2C(=O)NCc2ccccc2-n2ccnc2C)c1. The summed E-state index contributed by atoms with van der Waals surface area (Å²) in [6, 6.07) is 16.1. The van der Waals surface area contributed by atoms with Gasteiger partial charge in [0.1, 0.15) is 11.6 Å². The van der Waals surface area contributed by atoms with Crippen LogP contribution in [0.1, 0.15) is 36.2 Å². The summed E-state index contributed by atoms with van der Waals surface area (Å²) in [6.45, 7) is 4.16. The number of likely N-dealkylation sites (tertiary alicyclic amines) is 1. The van der Waals surface area contributed by atoms with Crippen molar-refractivity contribution in [2.45, 2.75) is 45.3 Å². The van der Waals surface area contributed by atoms with E-state index in [0.717, 1.165) is 55.2 Å². The number of aromatic nitrogens is 2. The van der Waals surface area contributed by atoms with E-state index in [1.807, 2.05) is 43.5 Å². The number of benzene rings is 2. The number of carbonyl (C=O) groups excluding carboxylic acids is 1. The molecule has 2 heterocycles. The fourth-order valence-electron chi connectivity index (χ4n) is 4.31. The first kappa shape index (κ1) is 21.1. The minimum atomic E-state index is -0.109. The van der Waals surface area contributed by atoms with Gasteiger partial charge < -0.3 is 14.6 Å². The number of rotatable bonds is 7. The molecule has 2 aromatic carbocycles. The molecule has 6 heteroatoms. The number of ether oxygens (including phenoxy) is 1. The summed E-state index contributed by atoms with van der Waals surface area (Å²) in [7, 11) is 1.68. The first-order valence-corrected chi connectivity index (χ1v) is 10.9. The van der Waals surface area contributed by atoms with Crippen molar-refractivity contribution >= 4 is 5.91 Å². The minimum Gasteiger partial charge on any atom is -0.497 e. The summed E-state index contributed by atoms with van der Waals surface area (Å²) in [5.74, 6) is 1.87. The van der Waals surface area contributed by atoms with Gasteiger partial charge in [-0.25, -0.2) is 4.98 Å². The number of para-hydroxylation sites is 1. The van der Waals surface area contributed by atoms with Gasteiger partial charge in [-0.3, -0.25) is 9.69 Å². The maximum atomic E-state index is 13.2. The van der Waals surface area contributed by atoms with E-state index in [9.17, 15) is 4.79 Å². The molecule has 1 fully saturated rings. The summed E-state index contributed by atoms with van der Waals surface area (Å²) in [4.78, 5) is 19.8. The quantitative estimate of drug-likeness (QED) is 0.633. The molecule has 1 N–H and O–H groups in total. The Morgan fingerprint density at radius 3 is 2.87 bits per heavy atom. The van der Waals surface area contributed by atoms with E-state index in [-0.39, 0.29) is 11.9 Å². The van der Waals surface area contributed by atoms with Crippen LogP contribution in [0.15, 0.2) is 60.9 Å². The van der Waals surface area contributed by atoms with Crippen LogP contribution in [-0.4, -0.2) is 40.1 Å². The molecule has 0 saturated carbocycles. The van der Waals surface area contributed by atoms with Crippen LogP contribution in [0.2, 0.25) is 0 Å². The van der Waals surface area contributed by atoms with Gasteiger partial charge in [-0.05, 0) is 55.6 Å². The number of nitrogens with zero attached hydrogens (tertiary/aromatic N) is 3. The van der Waals surface area contributed by atoms with Crippen LogP contribution in [0.5, 0.6) is 5.75 Å². The van der Waals surface area contributed by atoms with Crippen LogP contribution in [0.4, 0.5) is 0 Å². The average Bonchev–Trinajstić information content (AvgIpc) is 3.23. The van der Waals surface area contributed by atoms with E-state index in [4.69, 9.17) is 4.74 Å². The van der Waals surface area contributed by atoms with Gasteiger partial charge in [0, 0.05) is 25.5 Å².